The molecule has 4 aromatic rings. The number of benzene rings is 1. The van der Waals surface area contributed by atoms with E-state index in [1.807, 2.05) is 49.4 Å². The molecule has 0 unspecified atom stereocenters. The van der Waals surface area contributed by atoms with Crippen LogP contribution in [0.5, 0.6) is 0 Å². The Morgan fingerprint density at radius 1 is 1.19 bits per heavy atom. The van der Waals surface area contributed by atoms with Crippen LogP contribution in [0, 0.1) is 18.8 Å². The maximum Gasteiger partial charge on any atom is 0.289 e. The first-order chi connectivity index (χ1) is 17.5. The summed E-state index contributed by atoms with van der Waals surface area (Å²) >= 11 is 3.02. The second kappa shape index (κ2) is 10.4. The summed E-state index contributed by atoms with van der Waals surface area (Å²) in [5.74, 6) is 6.78. The number of nitrogens with zero attached hydrogens (tertiary/aromatic N) is 4. The fourth-order valence-corrected chi connectivity index (χ4v) is 6.26. The Kier molecular flexibility index (Phi) is 6.84. The highest BCUT2D eigenvalue weighted by Gasteiger charge is 2.33. The minimum absolute atomic E-state index is 0.0875. The molecule has 0 saturated heterocycles. The van der Waals surface area contributed by atoms with E-state index >= 15 is 0 Å². The zero-order valence-corrected chi connectivity index (χ0v) is 21.2. The molecular formula is C26H22N6O2S2. The standard InChI is InChI=1S/C26H22N6O2S2/c1-16-20(11-10-18-9-6-12-27-14-18)36-26-22(16)35-15-19(25(34)32(26)2)28-24(33)23-29-21(30-31-23)13-17-7-4-3-5-8-17/h3-9,12,14,19H,13,15H2,1-2H3,(H,28,33)(H,29,30,31)/t19-/m0/s1. The van der Waals surface area contributed by atoms with Crippen molar-refractivity contribution in [1.29, 1.82) is 0 Å². The molecule has 0 aliphatic carbocycles. The Labute approximate surface area is 216 Å². The maximum atomic E-state index is 13.2. The highest BCUT2D eigenvalue weighted by atomic mass is 32.2. The molecule has 1 aliphatic heterocycles. The molecule has 1 atom stereocenters. The van der Waals surface area contributed by atoms with Crippen LogP contribution in [-0.2, 0) is 11.2 Å². The number of pyridine rings is 1. The van der Waals surface area contributed by atoms with E-state index in [4.69, 9.17) is 0 Å². The number of fused-ring (bicyclic) bond motifs is 1. The molecule has 0 radical (unpaired) electrons. The number of aromatic nitrogens is 4. The zero-order valence-electron chi connectivity index (χ0n) is 19.6. The van der Waals surface area contributed by atoms with E-state index in [-0.39, 0.29) is 11.7 Å². The van der Waals surface area contributed by atoms with Crippen molar-refractivity contribution in [3.8, 4) is 11.8 Å². The van der Waals surface area contributed by atoms with Crippen molar-refractivity contribution in [2.45, 2.75) is 24.3 Å². The Balaban J connectivity index is 1.28. The lowest BCUT2D eigenvalue weighted by Crippen LogP contribution is -2.48. The van der Waals surface area contributed by atoms with Crippen LogP contribution in [0.25, 0.3) is 0 Å². The molecule has 2 N–H and O–H groups in total. The van der Waals surface area contributed by atoms with Crippen molar-refractivity contribution in [2.75, 3.05) is 17.7 Å². The molecule has 1 aromatic carbocycles. The first kappa shape index (κ1) is 23.8. The summed E-state index contributed by atoms with van der Waals surface area (Å²) < 4.78 is 0. The molecule has 0 spiro atoms. The first-order valence-corrected chi connectivity index (χ1v) is 13.0. The zero-order chi connectivity index (χ0) is 25.1. The lowest BCUT2D eigenvalue weighted by Gasteiger charge is -2.20. The highest BCUT2D eigenvalue weighted by Crippen LogP contribution is 2.43. The molecule has 0 fully saturated rings. The van der Waals surface area contributed by atoms with Crippen molar-refractivity contribution < 1.29 is 9.59 Å². The topological polar surface area (TPSA) is 104 Å². The summed E-state index contributed by atoms with van der Waals surface area (Å²) in [7, 11) is 1.73. The third-order valence-corrected chi connectivity index (χ3v) is 8.35. The quantitative estimate of drug-likeness (QED) is 0.405. The minimum Gasteiger partial charge on any atom is -0.337 e. The smallest absolute Gasteiger partial charge is 0.289 e. The molecule has 0 bridgehead atoms. The maximum absolute atomic E-state index is 13.2. The van der Waals surface area contributed by atoms with Crippen molar-refractivity contribution in [3.05, 3.63) is 88.1 Å². The molecule has 3 aromatic heterocycles. The molecule has 5 rings (SSSR count). The fourth-order valence-electron chi connectivity index (χ4n) is 3.73. The van der Waals surface area contributed by atoms with Gasteiger partial charge >= 0.3 is 0 Å². The average Bonchev–Trinajstić information content (AvgIpc) is 3.47. The number of carbonyl (C=O) groups excluding carboxylic acids is 2. The van der Waals surface area contributed by atoms with Gasteiger partial charge in [0.05, 0.1) is 4.88 Å². The van der Waals surface area contributed by atoms with Crippen LogP contribution in [0.15, 0.2) is 59.8 Å². The van der Waals surface area contributed by atoms with Crippen LogP contribution in [0.4, 0.5) is 5.00 Å². The van der Waals surface area contributed by atoms with E-state index in [2.05, 4.69) is 37.3 Å². The molecular weight excluding hydrogens is 492 g/mol. The van der Waals surface area contributed by atoms with Crippen LogP contribution in [0.1, 0.15) is 38.0 Å². The number of likely N-dealkylation sites (N-methyl/N-ethyl adjacent to an activating group) is 1. The predicted molar refractivity (Wildman–Crippen MR) is 140 cm³/mol. The Morgan fingerprint density at radius 3 is 2.81 bits per heavy atom. The summed E-state index contributed by atoms with van der Waals surface area (Å²) in [4.78, 5) is 36.7. The van der Waals surface area contributed by atoms with E-state index in [0.717, 1.165) is 31.5 Å². The summed E-state index contributed by atoms with van der Waals surface area (Å²) in [5, 5.41) is 11.7. The highest BCUT2D eigenvalue weighted by molar-refractivity contribution is 7.99. The number of hydrogen-bond donors (Lipinski definition) is 2. The molecule has 4 heterocycles. The van der Waals surface area contributed by atoms with Crippen molar-refractivity contribution in [3.63, 3.8) is 0 Å². The Bertz CT molecular complexity index is 1470. The molecule has 2 amide bonds. The van der Waals surface area contributed by atoms with Gasteiger partial charge in [-0.15, -0.1) is 33.3 Å². The Morgan fingerprint density at radius 2 is 2.03 bits per heavy atom. The normalized spacial score (nSPS) is 15.0. The number of nitrogens with one attached hydrogen (secondary N) is 2. The number of aromatic amines is 1. The fraction of sp³-hybridized carbons (Fsp3) is 0.192. The second-order valence-corrected chi connectivity index (χ2v) is 10.2. The summed E-state index contributed by atoms with van der Waals surface area (Å²) in [6, 6.07) is 12.9. The third kappa shape index (κ3) is 5.03. The lowest BCUT2D eigenvalue weighted by molar-refractivity contribution is -0.119. The van der Waals surface area contributed by atoms with E-state index in [1.165, 1.54) is 11.3 Å². The van der Waals surface area contributed by atoms with Gasteiger partial charge < -0.3 is 15.2 Å². The largest absolute Gasteiger partial charge is 0.337 e. The van der Waals surface area contributed by atoms with E-state index in [9.17, 15) is 9.59 Å². The number of rotatable bonds is 4. The summed E-state index contributed by atoms with van der Waals surface area (Å²) in [5.41, 5.74) is 2.92. The van der Waals surface area contributed by atoms with Gasteiger partial charge in [-0.25, -0.2) is 0 Å². The van der Waals surface area contributed by atoms with Crippen molar-refractivity contribution in [2.24, 2.45) is 0 Å². The molecule has 10 heteroatoms. The first-order valence-electron chi connectivity index (χ1n) is 11.2. The van der Waals surface area contributed by atoms with Gasteiger partial charge in [0.1, 0.15) is 16.9 Å². The van der Waals surface area contributed by atoms with Gasteiger partial charge in [0, 0.05) is 42.1 Å². The summed E-state index contributed by atoms with van der Waals surface area (Å²) in [6.07, 6.45) is 3.97. The lowest BCUT2D eigenvalue weighted by atomic mass is 10.1. The number of H-pyrrole nitrogens is 1. The van der Waals surface area contributed by atoms with Crippen LogP contribution in [0.2, 0.25) is 0 Å². The minimum atomic E-state index is -0.695. The molecule has 180 valence electrons. The molecule has 8 nitrogen and oxygen atoms in total. The molecule has 36 heavy (non-hydrogen) atoms. The average molecular weight is 515 g/mol. The molecule has 1 aliphatic rings. The van der Waals surface area contributed by atoms with Gasteiger partial charge in [0.15, 0.2) is 0 Å². The van der Waals surface area contributed by atoms with Gasteiger partial charge in [-0.3, -0.25) is 14.6 Å². The van der Waals surface area contributed by atoms with Crippen molar-refractivity contribution >= 4 is 39.9 Å². The Hall–Kier alpha value is -3.94. The number of amides is 2. The van der Waals surface area contributed by atoms with Gasteiger partial charge in [-0.05, 0) is 30.2 Å². The van der Waals surface area contributed by atoms with Gasteiger partial charge in [-0.1, -0.05) is 42.2 Å². The SMILES string of the molecule is Cc1c(C#Cc2cccnc2)sc2c1SC[C@H](NC(=O)c1nnc(Cc3ccccc3)[nH]1)C(=O)N2C. The van der Waals surface area contributed by atoms with Crippen LogP contribution in [-0.4, -0.2) is 50.8 Å². The number of hydrogen-bond acceptors (Lipinski definition) is 7. The number of thioether (sulfide) groups is 1. The number of carbonyl (C=O) groups is 2. The number of anilines is 1. The van der Waals surface area contributed by atoms with E-state index in [0.29, 0.717) is 18.0 Å². The predicted octanol–water partition coefficient (Wildman–Crippen LogP) is 3.43. The van der Waals surface area contributed by atoms with E-state index in [1.54, 1.807) is 36.1 Å². The van der Waals surface area contributed by atoms with Gasteiger partial charge in [0.2, 0.25) is 5.82 Å². The van der Waals surface area contributed by atoms with E-state index < -0.39 is 11.9 Å². The number of thiophene rings is 1. The van der Waals surface area contributed by atoms with Gasteiger partial charge in [0.25, 0.3) is 11.8 Å². The van der Waals surface area contributed by atoms with Crippen LogP contribution < -0.4 is 10.2 Å². The summed E-state index contributed by atoms with van der Waals surface area (Å²) in [6.45, 7) is 2.01. The van der Waals surface area contributed by atoms with Crippen LogP contribution >= 0.6 is 23.1 Å². The third-order valence-electron chi connectivity index (χ3n) is 5.65. The monoisotopic (exact) mass is 514 g/mol. The van der Waals surface area contributed by atoms with Crippen LogP contribution in [0.3, 0.4) is 0 Å². The van der Waals surface area contributed by atoms with Crippen molar-refractivity contribution in [1.82, 2.24) is 25.5 Å². The van der Waals surface area contributed by atoms with Gasteiger partial charge in [-0.2, -0.15) is 0 Å². The second-order valence-electron chi connectivity index (χ2n) is 8.20. The molecule has 0 saturated carbocycles.